The molecule has 0 aromatic heterocycles. The molecule has 0 heterocycles. The Morgan fingerprint density at radius 3 is 0.667 bits per heavy atom. The van der Waals surface area contributed by atoms with E-state index in [0.717, 1.165) is 38.5 Å². The van der Waals surface area contributed by atoms with E-state index < -0.39 is 17.9 Å². The average molecular weight is 324 g/mol. The minimum Gasteiger partial charge on any atom is -0.550 e. The molecule has 0 amide bonds. The summed E-state index contributed by atoms with van der Waals surface area (Å²) in [6.07, 6.45) is 5.01. The number of aliphatic carboxylic acids is 3. The van der Waals surface area contributed by atoms with Crippen LogP contribution in [-0.4, -0.2) is 17.9 Å². The summed E-state index contributed by atoms with van der Waals surface area (Å²) in [5.41, 5.74) is 0. The van der Waals surface area contributed by atoms with Gasteiger partial charge < -0.3 is 29.7 Å². The van der Waals surface area contributed by atoms with Crippen LogP contribution in [0.1, 0.15) is 38.5 Å². The largest absolute Gasteiger partial charge is 1.00 e. The molecular weight excluding hydrogens is 309 g/mol. The number of hydrogen-bond acceptors (Lipinski definition) is 6. The van der Waals surface area contributed by atoms with Gasteiger partial charge in [0.1, 0.15) is 0 Å². The molecule has 3 saturated carbocycles. The Balaban J connectivity index is -0.000000216. The number of hydrogen-bond donors (Lipinski definition) is 0. The zero-order valence-electron chi connectivity index (χ0n) is 12.9. The van der Waals surface area contributed by atoms with E-state index in [1.165, 1.54) is 0 Å². The van der Waals surface area contributed by atoms with Crippen LogP contribution in [0.25, 0.3) is 0 Å². The first kappa shape index (κ1) is 27.3. The first-order valence-corrected chi connectivity index (χ1v) is 6.04. The molecule has 3 aliphatic carbocycles. The van der Waals surface area contributed by atoms with E-state index in [2.05, 4.69) is 0 Å². The third-order valence-corrected chi connectivity index (χ3v) is 2.73. The molecule has 6 nitrogen and oxygen atoms in total. The summed E-state index contributed by atoms with van der Waals surface area (Å²) in [5.74, 6) is -2.92. The van der Waals surface area contributed by atoms with Gasteiger partial charge in [0.2, 0.25) is 0 Å². The molecule has 3 rings (SSSR count). The normalized spacial score (nSPS) is 17.7. The van der Waals surface area contributed by atoms with Crippen LogP contribution in [0.2, 0.25) is 0 Å². The Hall–Kier alpha value is 1.41. The number of rotatable bonds is 3. The Bertz CT molecular complexity index is 286. The molecular formula is C12H15Na3O6. The van der Waals surface area contributed by atoms with Crippen LogP contribution in [0.15, 0.2) is 0 Å². The van der Waals surface area contributed by atoms with Crippen molar-refractivity contribution in [3.63, 3.8) is 0 Å². The van der Waals surface area contributed by atoms with Crippen molar-refractivity contribution in [3.05, 3.63) is 0 Å². The predicted octanol–water partition coefficient (Wildman–Crippen LogP) is -11.5. The minimum atomic E-state index is -0.880. The molecule has 0 aromatic rings. The number of carbonyl (C=O) groups is 3. The Kier molecular flexibility index (Phi) is 17.9. The molecule has 102 valence electrons. The molecule has 21 heavy (non-hydrogen) atoms. The molecule has 3 fully saturated rings. The van der Waals surface area contributed by atoms with E-state index >= 15 is 0 Å². The van der Waals surface area contributed by atoms with Gasteiger partial charge in [0.05, 0.1) is 0 Å². The maximum Gasteiger partial charge on any atom is 1.00 e. The quantitative estimate of drug-likeness (QED) is 0.475. The topological polar surface area (TPSA) is 120 Å². The van der Waals surface area contributed by atoms with E-state index in [1.54, 1.807) is 0 Å². The van der Waals surface area contributed by atoms with Crippen molar-refractivity contribution in [3.8, 4) is 0 Å². The first-order valence-electron chi connectivity index (χ1n) is 6.04. The first-order chi connectivity index (χ1) is 8.41. The van der Waals surface area contributed by atoms with Crippen molar-refractivity contribution in [2.75, 3.05) is 0 Å². The Morgan fingerprint density at radius 1 is 0.524 bits per heavy atom. The molecule has 0 saturated heterocycles. The van der Waals surface area contributed by atoms with Gasteiger partial charge in [0.25, 0.3) is 0 Å². The molecule has 0 atom stereocenters. The third-order valence-electron chi connectivity index (χ3n) is 2.73. The minimum absolute atomic E-state index is 0. The molecule has 0 spiro atoms. The molecule has 9 heteroatoms. The molecule has 3 aliphatic rings. The van der Waals surface area contributed by atoms with Crippen molar-refractivity contribution in [2.45, 2.75) is 38.5 Å². The second-order valence-electron chi connectivity index (χ2n) is 4.78. The van der Waals surface area contributed by atoms with E-state index in [4.69, 9.17) is 0 Å². The monoisotopic (exact) mass is 324 g/mol. The van der Waals surface area contributed by atoms with E-state index in [-0.39, 0.29) is 106 Å². The fourth-order valence-corrected chi connectivity index (χ4v) is 0.957. The summed E-state index contributed by atoms with van der Waals surface area (Å²) in [6.45, 7) is 0. The third kappa shape index (κ3) is 16.1. The Labute approximate surface area is 190 Å². The van der Waals surface area contributed by atoms with Gasteiger partial charge in [-0.2, -0.15) is 0 Å². The summed E-state index contributed by atoms with van der Waals surface area (Å²) < 4.78 is 0. The SMILES string of the molecule is O=C([O-])C1CC1.O=C([O-])C1CC1.O=C([O-])C1CC1.[Na+].[Na+].[Na+]. The van der Waals surface area contributed by atoms with Gasteiger partial charge in [-0.3, -0.25) is 0 Å². The number of carbonyl (C=O) groups excluding carboxylic acids is 3. The summed E-state index contributed by atoms with van der Waals surface area (Å²) in [5, 5.41) is 29.0. The van der Waals surface area contributed by atoms with Crippen molar-refractivity contribution >= 4 is 17.9 Å². The van der Waals surface area contributed by atoms with Crippen LogP contribution >= 0.6 is 0 Å². The van der Waals surface area contributed by atoms with Crippen LogP contribution in [0.5, 0.6) is 0 Å². The van der Waals surface area contributed by atoms with Gasteiger partial charge in [-0.05, 0) is 56.3 Å². The number of carboxylic acid groups (broad SMARTS) is 3. The van der Waals surface area contributed by atoms with Gasteiger partial charge >= 0.3 is 88.7 Å². The average Bonchev–Trinajstić information content (AvgIpc) is 3.22. The van der Waals surface area contributed by atoms with Crippen LogP contribution < -0.4 is 104 Å². The van der Waals surface area contributed by atoms with Gasteiger partial charge in [0, 0.05) is 17.9 Å². The summed E-state index contributed by atoms with van der Waals surface area (Å²) >= 11 is 0. The fraction of sp³-hybridized carbons (Fsp3) is 0.750. The van der Waals surface area contributed by atoms with Gasteiger partial charge in [-0.25, -0.2) is 0 Å². The summed E-state index contributed by atoms with van der Waals surface area (Å²) in [7, 11) is 0. The summed E-state index contributed by atoms with van der Waals surface area (Å²) in [4.78, 5) is 29.0. The fourth-order valence-electron chi connectivity index (χ4n) is 0.957. The zero-order chi connectivity index (χ0) is 13.7. The van der Waals surface area contributed by atoms with Crippen molar-refractivity contribution in [2.24, 2.45) is 17.8 Å². The molecule has 0 aromatic carbocycles. The van der Waals surface area contributed by atoms with Gasteiger partial charge in [-0.15, -0.1) is 0 Å². The molecule has 0 N–H and O–H groups in total. The maximum atomic E-state index is 9.65. The predicted molar refractivity (Wildman–Crippen MR) is 53.2 cm³/mol. The second-order valence-corrected chi connectivity index (χ2v) is 4.78. The zero-order valence-corrected chi connectivity index (χ0v) is 18.9. The number of carboxylic acids is 3. The molecule has 0 bridgehead atoms. The van der Waals surface area contributed by atoms with Crippen LogP contribution in [-0.2, 0) is 14.4 Å². The van der Waals surface area contributed by atoms with Crippen molar-refractivity contribution in [1.29, 1.82) is 0 Å². The Morgan fingerprint density at radius 2 is 0.667 bits per heavy atom. The molecule has 0 radical (unpaired) electrons. The molecule has 0 unspecified atom stereocenters. The van der Waals surface area contributed by atoms with Crippen molar-refractivity contribution < 1.29 is 118 Å². The smallest absolute Gasteiger partial charge is 0.550 e. The second kappa shape index (κ2) is 13.8. The molecule has 0 aliphatic heterocycles. The van der Waals surface area contributed by atoms with Gasteiger partial charge in [-0.1, -0.05) is 0 Å². The van der Waals surface area contributed by atoms with Crippen molar-refractivity contribution in [1.82, 2.24) is 0 Å². The summed E-state index contributed by atoms with van der Waals surface area (Å²) in [6, 6.07) is 0. The van der Waals surface area contributed by atoms with Gasteiger partial charge in [0.15, 0.2) is 0 Å². The standard InChI is InChI=1S/3C4H6O2.3Na/c3*5-4(6)3-1-2-3;;;/h3*3H,1-2H2,(H,5,6);;;/q;;;3*+1/p-3. The van der Waals surface area contributed by atoms with E-state index in [9.17, 15) is 29.7 Å². The van der Waals surface area contributed by atoms with Crippen LogP contribution in [0.4, 0.5) is 0 Å². The van der Waals surface area contributed by atoms with E-state index in [1.807, 2.05) is 0 Å². The van der Waals surface area contributed by atoms with Crippen LogP contribution in [0, 0.1) is 17.8 Å². The van der Waals surface area contributed by atoms with E-state index in [0.29, 0.717) is 0 Å². The maximum absolute atomic E-state index is 9.65. The van der Waals surface area contributed by atoms with Crippen LogP contribution in [0.3, 0.4) is 0 Å².